The average molecular weight is 385 g/mol. The number of carbonyl (C=O) groups excluding carboxylic acids is 1. The first-order chi connectivity index (χ1) is 13.2. The quantitative estimate of drug-likeness (QED) is 0.599. The van der Waals surface area contributed by atoms with Crippen LogP contribution < -0.4 is 10.1 Å². The molecule has 0 saturated heterocycles. The van der Waals surface area contributed by atoms with Gasteiger partial charge in [0.1, 0.15) is 11.6 Å². The fourth-order valence-corrected chi connectivity index (χ4v) is 3.25. The van der Waals surface area contributed by atoms with Crippen LogP contribution in [0.5, 0.6) is 5.75 Å². The Hall–Kier alpha value is -2.80. The van der Waals surface area contributed by atoms with Gasteiger partial charge in [-0.05, 0) is 48.9 Å². The second-order valence-corrected chi connectivity index (χ2v) is 6.64. The van der Waals surface area contributed by atoms with Crippen LogP contribution in [0, 0.1) is 5.82 Å². The summed E-state index contributed by atoms with van der Waals surface area (Å²) in [7, 11) is 0. The number of carbonyl (C=O) groups is 1. The van der Waals surface area contributed by atoms with Crippen molar-refractivity contribution in [2.24, 2.45) is 0 Å². The average Bonchev–Trinajstić information content (AvgIpc) is 3.15. The van der Waals surface area contributed by atoms with Crippen molar-refractivity contribution in [2.75, 3.05) is 12.4 Å². The molecule has 1 heterocycles. The fraction of sp³-hybridized carbons (Fsp3) is 0.200. The molecular weight excluding hydrogens is 365 g/mol. The number of ether oxygens (including phenoxy) is 1. The summed E-state index contributed by atoms with van der Waals surface area (Å²) in [4.78, 5) is 16.4. The van der Waals surface area contributed by atoms with Crippen molar-refractivity contribution in [3.05, 3.63) is 72.3 Å². The number of rotatable bonds is 8. The van der Waals surface area contributed by atoms with Gasteiger partial charge in [0.15, 0.2) is 5.16 Å². The number of nitrogens with zero attached hydrogens (tertiary/aromatic N) is 2. The van der Waals surface area contributed by atoms with E-state index in [1.54, 1.807) is 18.3 Å². The molecule has 1 amide bonds. The van der Waals surface area contributed by atoms with Crippen LogP contribution in [0.1, 0.15) is 12.5 Å². The van der Waals surface area contributed by atoms with Crippen LogP contribution in [0.25, 0.3) is 5.69 Å². The minimum atomic E-state index is -0.290. The monoisotopic (exact) mass is 385 g/mol. The van der Waals surface area contributed by atoms with E-state index in [9.17, 15) is 9.18 Å². The number of imidazole rings is 1. The Labute approximate surface area is 161 Å². The molecule has 0 fully saturated rings. The van der Waals surface area contributed by atoms with Gasteiger partial charge in [0.05, 0.1) is 12.4 Å². The maximum absolute atomic E-state index is 12.9. The number of amides is 1. The lowest BCUT2D eigenvalue weighted by Crippen LogP contribution is -2.24. The van der Waals surface area contributed by atoms with E-state index in [-0.39, 0.29) is 17.5 Å². The maximum atomic E-state index is 12.9. The van der Waals surface area contributed by atoms with Crippen molar-refractivity contribution < 1.29 is 13.9 Å². The molecule has 0 aliphatic carbocycles. The Morgan fingerprint density at radius 3 is 2.63 bits per heavy atom. The lowest BCUT2D eigenvalue weighted by atomic mass is 10.2. The number of nitrogens with one attached hydrogen (secondary N) is 1. The van der Waals surface area contributed by atoms with E-state index >= 15 is 0 Å². The van der Waals surface area contributed by atoms with Crippen molar-refractivity contribution in [3.63, 3.8) is 0 Å². The smallest absolute Gasteiger partial charge is 0.230 e. The Morgan fingerprint density at radius 1 is 1.19 bits per heavy atom. The Morgan fingerprint density at radius 2 is 1.93 bits per heavy atom. The van der Waals surface area contributed by atoms with Crippen LogP contribution in [0.15, 0.2) is 66.1 Å². The van der Waals surface area contributed by atoms with E-state index in [1.165, 1.54) is 23.9 Å². The molecule has 5 nitrogen and oxygen atoms in total. The van der Waals surface area contributed by atoms with Gasteiger partial charge in [-0.2, -0.15) is 0 Å². The standard InChI is InChI=1S/C20H20FN3O2S/c1-2-26-18-9-7-17(8-10-18)24-12-11-22-20(24)27-14-19(25)23-13-15-3-5-16(21)6-4-15/h3-12H,2,13-14H2,1H3,(H,23,25). The zero-order chi connectivity index (χ0) is 19.1. The summed E-state index contributed by atoms with van der Waals surface area (Å²) >= 11 is 1.36. The molecular formula is C20H20FN3O2S. The molecule has 1 aromatic heterocycles. The van der Waals surface area contributed by atoms with Gasteiger partial charge < -0.3 is 10.1 Å². The van der Waals surface area contributed by atoms with Crippen molar-refractivity contribution in [1.29, 1.82) is 0 Å². The van der Waals surface area contributed by atoms with Crippen molar-refractivity contribution in [2.45, 2.75) is 18.6 Å². The number of aromatic nitrogens is 2. The summed E-state index contributed by atoms with van der Waals surface area (Å²) in [6.07, 6.45) is 3.56. The topological polar surface area (TPSA) is 56.2 Å². The zero-order valence-corrected chi connectivity index (χ0v) is 15.7. The molecule has 7 heteroatoms. The largest absolute Gasteiger partial charge is 0.494 e. The number of benzene rings is 2. The predicted molar refractivity (Wildman–Crippen MR) is 104 cm³/mol. The van der Waals surface area contributed by atoms with Crippen LogP contribution in [-0.2, 0) is 11.3 Å². The highest BCUT2D eigenvalue weighted by Gasteiger charge is 2.09. The molecule has 2 aromatic carbocycles. The molecule has 0 radical (unpaired) electrons. The van der Waals surface area contributed by atoms with Crippen LogP contribution in [-0.4, -0.2) is 27.8 Å². The van der Waals surface area contributed by atoms with Gasteiger partial charge in [0.2, 0.25) is 5.91 Å². The molecule has 0 unspecified atom stereocenters. The van der Waals surface area contributed by atoms with Gasteiger partial charge in [-0.3, -0.25) is 9.36 Å². The Kier molecular flexibility index (Phi) is 6.49. The number of halogens is 1. The third-order valence-corrected chi connectivity index (χ3v) is 4.73. The van der Waals surface area contributed by atoms with Crippen LogP contribution in [0.3, 0.4) is 0 Å². The minimum absolute atomic E-state index is 0.106. The predicted octanol–water partition coefficient (Wildman–Crippen LogP) is 3.82. The zero-order valence-electron chi connectivity index (χ0n) is 14.9. The molecule has 0 spiro atoms. The highest BCUT2D eigenvalue weighted by Crippen LogP contribution is 2.22. The first kappa shape index (κ1) is 19.0. The summed E-state index contributed by atoms with van der Waals surface area (Å²) in [5, 5.41) is 3.56. The molecule has 0 aliphatic rings. The molecule has 27 heavy (non-hydrogen) atoms. The van der Waals surface area contributed by atoms with E-state index in [0.29, 0.717) is 13.2 Å². The Balaban J connectivity index is 1.54. The van der Waals surface area contributed by atoms with Crippen LogP contribution in [0.2, 0.25) is 0 Å². The summed E-state index contributed by atoms with van der Waals surface area (Å²) in [5.41, 5.74) is 1.80. The van der Waals surface area contributed by atoms with Crippen molar-refractivity contribution in [3.8, 4) is 11.4 Å². The van der Waals surface area contributed by atoms with Gasteiger partial charge >= 0.3 is 0 Å². The third kappa shape index (κ3) is 5.34. The lowest BCUT2D eigenvalue weighted by Gasteiger charge is -2.09. The highest BCUT2D eigenvalue weighted by molar-refractivity contribution is 7.99. The molecule has 0 aliphatic heterocycles. The number of hydrogen-bond acceptors (Lipinski definition) is 4. The third-order valence-electron chi connectivity index (χ3n) is 3.77. The second-order valence-electron chi connectivity index (χ2n) is 5.70. The maximum Gasteiger partial charge on any atom is 0.230 e. The summed E-state index contributed by atoms with van der Waals surface area (Å²) in [6.45, 7) is 2.94. The summed E-state index contributed by atoms with van der Waals surface area (Å²) < 4.78 is 20.3. The van der Waals surface area contributed by atoms with E-state index in [2.05, 4.69) is 10.3 Å². The van der Waals surface area contributed by atoms with Gasteiger partial charge in [0.25, 0.3) is 0 Å². The number of hydrogen-bond donors (Lipinski definition) is 1. The second kappa shape index (κ2) is 9.23. The van der Waals surface area contributed by atoms with E-state index in [4.69, 9.17) is 4.74 Å². The molecule has 0 saturated carbocycles. The van der Waals surface area contributed by atoms with E-state index < -0.39 is 0 Å². The highest BCUT2D eigenvalue weighted by atomic mass is 32.2. The lowest BCUT2D eigenvalue weighted by molar-refractivity contribution is -0.118. The minimum Gasteiger partial charge on any atom is -0.494 e. The Bertz CT molecular complexity index is 879. The fourth-order valence-electron chi connectivity index (χ4n) is 2.45. The van der Waals surface area contributed by atoms with E-state index in [0.717, 1.165) is 22.2 Å². The van der Waals surface area contributed by atoms with Gasteiger partial charge in [0, 0.05) is 24.6 Å². The first-order valence-electron chi connectivity index (χ1n) is 8.56. The summed E-state index contributed by atoms with van der Waals surface area (Å²) in [6, 6.07) is 13.8. The number of thioether (sulfide) groups is 1. The molecule has 3 aromatic rings. The van der Waals surface area contributed by atoms with Crippen LogP contribution in [0.4, 0.5) is 4.39 Å². The molecule has 0 atom stereocenters. The van der Waals surface area contributed by atoms with Crippen molar-refractivity contribution >= 4 is 17.7 Å². The van der Waals surface area contributed by atoms with Gasteiger partial charge in [-0.15, -0.1) is 0 Å². The molecule has 3 rings (SSSR count). The van der Waals surface area contributed by atoms with Gasteiger partial charge in [-0.25, -0.2) is 9.37 Å². The summed E-state index contributed by atoms with van der Waals surface area (Å²) in [5.74, 6) is 0.665. The van der Waals surface area contributed by atoms with Gasteiger partial charge in [-0.1, -0.05) is 23.9 Å². The SMILES string of the molecule is CCOc1ccc(-n2ccnc2SCC(=O)NCc2ccc(F)cc2)cc1. The molecule has 140 valence electrons. The first-order valence-corrected chi connectivity index (χ1v) is 9.55. The van der Waals surface area contributed by atoms with Crippen molar-refractivity contribution in [1.82, 2.24) is 14.9 Å². The molecule has 0 bridgehead atoms. The van der Waals surface area contributed by atoms with E-state index in [1.807, 2.05) is 42.0 Å². The normalized spacial score (nSPS) is 10.6. The molecule has 1 N–H and O–H groups in total. The van der Waals surface area contributed by atoms with Crippen LogP contribution >= 0.6 is 11.8 Å².